The van der Waals surface area contributed by atoms with Gasteiger partial charge in [-0.2, -0.15) is 0 Å². The van der Waals surface area contributed by atoms with Crippen LogP contribution in [0.5, 0.6) is 0 Å². The molecule has 0 bridgehead atoms. The average Bonchev–Trinajstić information content (AvgIpc) is 2.88. The maximum absolute atomic E-state index is 3.86. The average molecular weight is 456 g/mol. The minimum atomic E-state index is 0.188. The van der Waals surface area contributed by atoms with Gasteiger partial charge in [-0.1, -0.05) is 69.1 Å². The lowest BCUT2D eigenvalue weighted by molar-refractivity contribution is 0.285. The molecule has 0 amide bonds. The highest BCUT2D eigenvalue weighted by Crippen LogP contribution is 2.59. The Morgan fingerprint density at radius 3 is 2.36 bits per heavy atom. The lowest BCUT2D eigenvalue weighted by Gasteiger charge is -2.38. The van der Waals surface area contributed by atoms with Crippen LogP contribution in [-0.2, 0) is 5.41 Å². The van der Waals surface area contributed by atoms with E-state index >= 15 is 0 Å². The number of fused-ring (bicyclic) bond motifs is 7. The van der Waals surface area contributed by atoms with Crippen molar-refractivity contribution in [2.24, 2.45) is 5.92 Å². The minimum absolute atomic E-state index is 0.188. The zero-order chi connectivity index (χ0) is 17.2. The summed E-state index contributed by atoms with van der Waals surface area (Å²) in [6.07, 6.45) is 5.15. The van der Waals surface area contributed by atoms with Gasteiger partial charge in [0.1, 0.15) is 0 Å². The predicted octanol–water partition coefficient (Wildman–Crippen LogP) is 7.84. The molecule has 2 aliphatic rings. The largest absolute Gasteiger partial charge is 0.0625 e. The van der Waals surface area contributed by atoms with E-state index in [1.165, 1.54) is 67.7 Å². The first-order valence-corrected chi connectivity index (χ1v) is 10.7. The Balaban J connectivity index is 1.89. The quantitative estimate of drug-likeness (QED) is 0.323. The van der Waals surface area contributed by atoms with Gasteiger partial charge in [0.2, 0.25) is 0 Å². The Bertz CT molecular complexity index is 994. The van der Waals surface area contributed by atoms with Crippen molar-refractivity contribution in [1.29, 1.82) is 0 Å². The van der Waals surface area contributed by atoms with Gasteiger partial charge in [-0.15, -0.1) is 0 Å². The van der Waals surface area contributed by atoms with Crippen LogP contribution in [-0.4, -0.2) is 0 Å². The molecule has 0 saturated heterocycles. The van der Waals surface area contributed by atoms with Gasteiger partial charge in [0, 0.05) is 14.4 Å². The summed E-state index contributed by atoms with van der Waals surface area (Å²) < 4.78 is 2.42. The van der Waals surface area contributed by atoms with Crippen molar-refractivity contribution in [1.82, 2.24) is 0 Å². The molecular formula is C23H20Br2. The fourth-order valence-corrected chi connectivity index (χ4v) is 6.00. The van der Waals surface area contributed by atoms with E-state index in [9.17, 15) is 0 Å². The van der Waals surface area contributed by atoms with Gasteiger partial charge in [-0.25, -0.2) is 0 Å². The van der Waals surface area contributed by atoms with Crippen molar-refractivity contribution >= 4 is 42.6 Å². The van der Waals surface area contributed by atoms with Crippen molar-refractivity contribution in [3.63, 3.8) is 0 Å². The molecule has 25 heavy (non-hydrogen) atoms. The van der Waals surface area contributed by atoms with Crippen molar-refractivity contribution < 1.29 is 0 Å². The lowest BCUT2D eigenvalue weighted by atomic mass is 9.65. The molecular weight excluding hydrogens is 436 g/mol. The molecule has 0 radical (unpaired) electrons. The van der Waals surface area contributed by atoms with E-state index in [0.29, 0.717) is 0 Å². The minimum Gasteiger partial charge on any atom is -0.0625 e. The van der Waals surface area contributed by atoms with E-state index in [1.54, 1.807) is 0 Å². The van der Waals surface area contributed by atoms with Crippen LogP contribution in [0.1, 0.15) is 43.7 Å². The summed E-state index contributed by atoms with van der Waals surface area (Å²) in [4.78, 5) is 0. The molecule has 1 spiro atoms. The highest BCUT2D eigenvalue weighted by molar-refractivity contribution is 9.11. The van der Waals surface area contributed by atoms with Gasteiger partial charge in [0.05, 0.1) is 0 Å². The number of hydrogen-bond acceptors (Lipinski definition) is 0. The Hall–Kier alpha value is -1.12. The van der Waals surface area contributed by atoms with Crippen LogP contribution >= 0.6 is 31.9 Å². The van der Waals surface area contributed by atoms with Crippen LogP contribution in [0, 0.1) is 5.92 Å². The first-order chi connectivity index (χ1) is 12.1. The number of benzene rings is 3. The third kappa shape index (κ3) is 2.23. The van der Waals surface area contributed by atoms with Crippen molar-refractivity contribution in [2.45, 2.75) is 38.0 Å². The molecule has 0 nitrogen and oxygen atoms in total. The second-order valence-electron chi connectivity index (χ2n) is 7.78. The molecule has 5 rings (SSSR count). The maximum atomic E-state index is 3.86. The van der Waals surface area contributed by atoms with Crippen LogP contribution < -0.4 is 0 Å². The lowest BCUT2D eigenvalue weighted by Crippen LogP contribution is -2.30. The second-order valence-corrected chi connectivity index (χ2v) is 9.55. The predicted molar refractivity (Wildman–Crippen MR) is 113 cm³/mol. The Morgan fingerprint density at radius 2 is 1.60 bits per heavy atom. The molecule has 126 valence electrons. The van der Waals surface area contributed by atoms with Crippen LogP contribution in [0.3, 0.4) is 0 Å². The van der Waals surface area contributed by atoms with Gasteiger partial charge in [-0.3, -0.25) is 0 Å². The van der Waals surface area contributed by atoms with Crippen LogP contribution in [0.25, 0.3) is 21.9 Å². The first-order valence-electron chi connectivity index (χ1n) is 9.12. The van der Waals surface area contributed by atoms with Crippen LogP contribution in [0.2, 0.25) is 0 Å². The summed E-state index contributed by atoms with van der Waals surface area (Å²) in [6, 6.07) is 18.1. The highest BCUT2D eigenvalue weighted by atomic mass is 79.9. The molecule has 0 N–H and O–H groups in total. The zero-order valence-electron chi connectivity index (χ0n) is 14.3. The van der Waals surface area contributed by atoms with Crippen molar-refractivity contribution in [2.75, 3.05) is 0 Å². The van der Waals surface area contributed by atoms with Crippen molar-refractivity contribution in [3.8, 4) is 11.1 Å². The van der Waals surface area contributed by atoms with E-state index in [4.69, 9.17) is 0 Å². The Kier molecular flexibility index (Phi) is 3.66. The van der Waals surface area contributed by atoms with E-state index in [0.717, 1.165) is 5.92 Å². The smallest absolute Gasteiger partial charge is 0.0257 e. The first kappa shape index (κ1) is 16.1. The number of rotatable bonds is 0. The normalized spacial score (nSPS) is 24.5. The molecule has 1 saturated carbocycles. The van der Waals surface area contributed by atoms with Gasteiger partial charge in [0.15, 0.2) is 0 Å². The monoisotopic (exact) mass is 454 g/mol. The summed E-state index contributed by atoms with van der Waals surface area (Å²) >= 11 is 7.59. The fourth-order valence-electron chi connectivity index (χ4n) is 5.07. The molecule has 0 heterocycles. The highest BCUT2D eigenvalue weighted by Gasteiger charge is 2.45. The molecule has 0 aliphatic heterocycles. The van der Waals surface area contributed by atoms with E-state index in [1.807, 2.05) is 0 Å². The number of halogens is 2. The second kappa shape index (κ2) is 5.69. The third-order valence-electron chi connectivity index (χ3n) is 6.40. The van der Waals surface area contributed by atoms with Gasteiger partial charge in [-0.05, 0) is 82.8 Å². The SMILES string of the molecule is CC1CCC2(CC1)c1cc(Br)ccc1-c1c2cc(Br)c2ccccc12. The summed E-state index contributed by atoms with van der Waals surface area (Å²) in [5.41, 5.74) is 6.17. The summed E-state index contributed by atoms with van der Waals surface area (Å²) in [7, 11) is 0. The fraction of sp³-hybridized carbons (Fsp3) is 0.304. The Morgan fingerprint density at radius 1 is 0.880 bits per heavy atom. The standard InChI is InChI=1S/C23H20Br2/c1-14-8-10-23(11-9-14)19-12-15(24)6-7-18(19)22-17-5-3-2-4-16(17)21(25)13-20(22)23/h2-7,12-14H,8-11H2,1H3. The molecule has 0 aromatic heterocycles. The van der Waals surface area contributed by atoms with E-state index < -0.39 is 0 Å². The summed E-state index contributed by atoms with van der Waals surface area (Å²) in [5, 5.41) is 2.70. The van der Waals surface area contributed by atoms with Crippen LogP contribution in [0.4, 0.5) is 0 Å². The van der Waals surface area contributed by atoms with Gasteiger partial charge >= 0.3 is 0 Å². The molecule has 2 heteroatoms. The van der Waals surface area contributed by atoms with E-state index in [2.05, 4.69) is 87.3 Å². The van der Waals surface area contributed by atoms with E-state index in [-0.39, 0.29) is 5.41 Å². The number of hydrogen-bond donors (Lipinski definition) is 0. The third-order valence-corrected chi connectivity index (χ3v) is 7.55. The molecule has 2 aliphatic carbocycles. The topological polar surface area (TPSA) is 0 Å². The summed E-state index contributed by atoms with van der Waals surface area (Å²) in [6.45, 7) is 2.40. The van der Waals surface area contributed by atoms with Crippen LogP contribution in [0.15, 0.2) is 57.5 Å². The molecule has 0 atom stereocenters. The molecule has 3 aromatic rings. The zero-order valence-corrected chi connectivity index (χ0v) is 17.5. The Labute approximate surface area is 165 Å². The van der Waals surface area contributed by atoms with Gasteiger partial charge < -0.3 is 0 Å². The molecule has 1 fully saturated rings. The van der Waals surface area contributed by atoms with Crippen molar-refractivity contribution in [3.05, 3.63) is 68.6 Å². The summed E-state index contributed by atoms with van der Waals surface area (Å²) in [5.74, 6) is 0.842. The molecule has 0 unspecified atom stereocenters. The van der Waals surface area contributed by atoms with Gasteiger partial charge in [0.25, 0.3) is 0 Å². The molecule has 3 aromatic carbocycles. The maximum Gasteiger partial charge on any atom is 0.0257 e.